The fourth-order valence-electron chi connectivity index (χ4n) is 4.33. The van der Waals surface area contributed by atoms with Crippen molar-refractivity contribution >= 4 is 40.2 Å². The maximum Gasteiger partial charge on any atom is 0.263 e. The number of rotatable bonds is 2. The number of carbonyl (C=O) groups excluding carboxylic acids is 3. The first kappa shape index (κ1) is 18.4. The molecule has 142 valence electrons. The van der Waals surface area contributed by atoms with Crippen LogP contribution in [0.4, 0.5) is 0 Å². The summed E-state index contributed by atoms with van der Waals surface area (Å²) in [5.41, 5.74) is 4.41. The van der Waals surface area contributed by atoms with Gasteiger partial charge in [0.25, 0.3) is 5.91 Å². The second-order valence-electron chi connectivity index (χ2n) is 7.10. The number of nitrogens with zero attached hydrogens (tertiary/aromatic N) is 2. The number of carbonyl (C=O) groups is 3. The summed E-state index contributed by atoms with van der Waals surface area (Å²) in [5, 5.41) is 1.38. The number of aryl methyl sites for hydroxylation is 1. The van der Waals surface area contributed by atoms with Crippen LogP contribution in [0.2, 0.25) is 5.02 Å². The number of halogens is 1. The molecular formula is C22H19ClN2O3. The van der Waals surface area contributed by atoms with Gasteiger partial charge in [0.05, 0.1) is 17.3 Å². The average Bonchev–Trinajstić information content (AvgIpc) is 3.12. The van der Waals surface area contributed by atoms with Crippen molar-refractivity contribution in [2.45, 2.75) is 33.7 Å². The summed E-state index contributed by atoms with van der Waals surface area (Å²) in [7, 11) is 0. The minimum Gasteiger partial charge on any atom is -0.276 e. The van der Waals surface area contributed by atoms with Gasteiger partial charge in [0.15, 0.2) is 0 Å². The molecule has 0 saturated carbocycles. The van der Waals surface area contributed by atoms with Gasteiger partial charge in [-0.3, -0.25) is 23.9 Å². The van der Waals surface area contributed by atoms with E-state index >= 15 is 0 Å². The third-order valence-electron chi connectivity index (χ3n) is 5.46. The Morgan fingerprint density at radius 2 is 1.64 bits per heavy atom. The summed E-state index contributed by atoms with van der Waals surface area (Å²) in [6, 6.07) is 10.5. The van der Waals surface area contributed by atoms with Gasteiger partial charge in [-0.2, -0.15) is 0 Å². The van der Waals surface area contributed by atoms with Gasteiger partial charge in [0.1, 0.15) is 0 Å². The molecule has 5 nitrogen and oxygen atoms in total. The van der Waals surface area contributed by atoms with Gasteiger partial charge in [0, 0.05) is 40.9 Å². The van der Waals surface area contributed by atoms with Crippen LogP contribution in [0.1, 0.15) is 48.3 Å². The third-order valence-corrected chi connectivity index (χ3v) is 5.87. The largest absolute Gasteiger partial charge is 0.276 e. The Hall–Kier alpha value is -2.92. The molecule has 1 unspecified atom stereocenters. The third kappa shape index (κ3) is 2.36. The monoisotopic (exact) mass is 394 g/mol. The van der Waals surface area contributed by atoms with Crippen LogP contribution in [0.5, 0.6) is 0 Å². The van der Waals surface area contributed by atoms with Gasteiger partial charge in [0.2, 0.25) is 11.8 Å². The van der Waals surface area contributed by atoms with E-state index in [-0.39, 0.29) is 17.7 Å². The van der Waals surface area contributed by atoms with Crippen molar-refractivity contribution < 1.29 is 14.4 Å². The first-order chi connectivity index (χ1) is 13.3. The van der Waals surface area contributed by atoms with Crippen LogP contribution in [0, 0.1) is 6.92 Å². The zero-order valence-corrected chi connectivity index (χ0v) is 16.8. The Balaban J connectivity index is 2.14. The van der Waals surface area contributed by atoms with Crippen molar-refractivity contribution in [1.82, 2.24) is 9.47 Å². The van der Waals surface area contributed by atoms with Gasteiger partial charge in [-0.15, -0.1) is 0 Å². The molecule has 4 rings (SSSR count). The Morgan fingerprint density at radius 3 is 2.25 bits per heavy atom. The van der Waals surface area contributed by atoms with E-state index in [1.54, 1.807) is 16.7 Å². The lowest BCUT2D eigenvalue weighted by atomic mass is 9.96. The summed E-state index contributed by atoms with van der Waals surface area (Å²) in [4.78, 5) is 38.8. The first-order valence-corrected chi connectivity index (χ1v) is 9.41. The standard InChI is InChI=1S/C22H19ClN2O3/c1-11-18(23)10-9-17-19(12(2)24(13(3)26)14(4)27)21-15-7-5-6-8-16(15)22(28)25(21)20(11)17/h5-10,12H,1-4H3. The van der Waals surface area contributed by atoms with Crippen LogP contribution >= 0.6 is 11.6 Å². The molecule has 0 N–H and O–H groups in total. The van der Waals surface area contributed by atoms with Gasteiger partial charge >= 0.3 is 0 Å². The van der Waals surface area contributed by atoms with Gasteiger partial charge in [-0.05, 0) is 31.5 Å². The fraction of sp³-hybridized carbons (Fsp3) is 0.227. The lowest BCUT2D eigenvalue weighted by Gasteiger charge is -2.26. The van der Waals surface area contributed by atoms with E-state index in [2.05, 4.69) is 0 Å². The van der Waals surface area contributed by atoms with Crippen molar-refractivity contribution in [3.63, 3.8) is 0 Å². The molecular weight excluding hydrogens is 376 g/mol. The number of amides is 2. The van der Waals surface area contributed by atoms with E-state index in [9.17, 15) is 14.4 Å². The Labute approximate surface area is 167 Å². The molecule has 1 aliphatic heterocycles. The molecule has 0 bridgehead atoms. The van der Waals surface area contributed by atoms with Crippen LogP contribution in [0.3, 0.4) is 0 Å². The van der Waals surface area contributed by atoms with E-state index in [0.717, 1.165) is 33.3 Å². The van der Waals surface area contributed by atoms with E-state index in [0.29, 0.717) is 10.6 Å². The second-order valence-corrected chi connectivity index (χ2v) is 7.51. The highest BCUT2D eigenvalue weighted by Gasteiger charge is 2.37. The predicted molar refractivity (Wildman–Crippen MR) is 108 cm³/mol. The van der Waals surface area contributed by atoms with E-state index < -0.39 is 6.04 Å². The fourth-order valence-corrected chi connectivity index (χ4v) is 4.48. The highest BCUT2D eigenvalue weighted by molar-refractivity contribution is 6.32. The molecule has 1 atom stereocenters. The highest BCUT2D eigenvalue weighted by Crippen LogP contribution is 2.46. The Morgan fingerprint density at radius 1 is 1.04 bits per heavy atom. The zero-order chi connectivity index (χ0) is 20.3. The number of fused-ring (bicyclic) bond motifs is 5. The summed E-state index contributed by atoms with van der Waals surface area (Å²) < 4.78 is 1.67. The molecule has 2 heterocycles. The van der Waals surface area contributed by atoms with E-state index in [4.69, 9.17) is 11.6 Å². The van der Waals surface area contributed by atoms with Crippen molar-refractivity contribution in [3.05, 3.63) is 58.1 Å². The predicted octanol–water partition coefficient (Wildman–Crippen LogP) is 4.73. The van der Waals surface area contributed by atoms with Crippen molar-refractivity contribution in [2.75, 3.05) is 0 Å². The lowest BCUT2D eigenvalue weighted by Crippen LogP contribution is -2.35. The summed E-state index contributed by atoms with van der Waals surface area (Å²) in [6.07, 6.45) is 0. The molecule has 2 aromatic carbocycles. The SMILES string of the molecule is CC(=O)N(C(C)=O)C(C)c1c2n(c3c(C)c(Cl)ccc13)C(=O)c1ccccc1-2. The first-order valence-electron chi connectivity index (χ1n) is 9.03. The summed E-state index contributed by atoms with van der Waals surface area (Å²) in [5.74, 6) is -0.801. The van der Waals surface area contributed by atoms with E-state index in [1.807, 2.05) is 38.1 Å². The average molecular weight is 395 g/mol. The minimum absolute atomic E-state index is 0.128. The van der Waals surface area contributed by atoms with Crippen LogP contribution in [0.15, 0.2) is 36.4 Å². The Kier molecular flexibility index (Phi) is 4.16. The molecule has 0 fully saturated rings. The van der Waals surface area contributed by atoms with Gasteiger partial charge in [-0.1, -0.05) is 35.9 Å². The van der Waals surface area contributed by atoms with Crippen molar-refractivity contribution in [2.24, 2.45) is 0 Å². The molecule has 1 aromatic heterocycles. The number of benzene rings is 2. The molecule has 3 aromatic rings. The number of imide groups is 1. The minimum atomic E-state index is -0.534. The van der Waals surface area contributed by atoms with Gasteiger partial charge in [-0.25, -0.2) is 0 Å². The molecule has 0 radical (unpaired) electrons. The zero-order valence-electron chi connectivity index (χ0n) is 16.0. The maximum absolute atomic E-state index is 13.2. The smallest absolute Gasteiger partial charge is 0.263 e. The van der Waals surface area contributed by atoms with Crippen molar-refractivity contribution in [3.8, 4) is 11.3 Å². The summed E-state index contributed by atoms with van der Waals surface area (Å²) >= 11 is 6.36. The van der Waals surface area contributed by atoms with Crippen LogP contribution < -0.4 is 0 Å². The highest BCUT2D eigenvalue weighted by atomic mass is 35.5. The van der Waals surface area contributed by atoms with E-state index in [1.165, 1.54) is 18.7 Å². The van der Waals surface area contributed by atoms with Crippen LogP contribution in [-0.2, 0) is 9.59 Å². The van der Waals surface area contributed by atoms with Gasteiger partial charge < -0.3 is 0 Å². The summed E-state index contributed by atoms with van der Waals surface area (Å²) in [6.45, 7) is 6.43. The molecule has 0 aliphatic carbocycles. The molecule has 28 heavy (non-hydrogen) atoms. The quantitative estimate of drug-likeness (QED) is 0.494. The van der Waals surface area contributed by atoms with Crippen LogP contribution in [0.25, 0.3) is 22.2 Å². The van der Waals surface area contributed by atoms with Crippen molar-refractivity contribution in [1.29, 1.82) is 0 Å². The molecule has 0 saturated heterocycles. The normalized spacial score (nSPS) is 13.4. The topological polar surface area (TPSA) is 59.4 Å². The molecule has 1 aliphatic rings. The Bertz CT molecular complexity index is 1180. The maximum atomic E-state index is 13.2. The number of hydrogen-bond acceptors (Lipinski definition) is 3. The number of hydrogen-bond donors (Lipinski definition) is 0. The lowest BCUT2D eigenvalue weighted by molar-refractivity contribution is -0.144. The number of aromatic nitrogens is 1. The molecule has 0 spiro atoms. The second kappa shape index (κ2) is 6.31. The van der Waals surface area contributed by atoms with Crippen LogP contribution in [-0.4, -0.2) is 27.2 Å². The molecule has 2 amide bonds. The molecule has 6 heteroatoms.